The molecule has 1 atom stereocenters. The van der Waals surface area contributed by atoms with Crippen LogP contribution in [0.3, 0.4) is 0 Å². The van der Waals surface area contributed by atoms with Gasteiger partial charge in [-0.25, -0.2) is 0 Å². The SMILES string of the molecule is C[C@@H](C(=O)NCC1(O)CCCCC1)c1cccs1. The molecule has 0 aliphatic heterocycles. The third-order valence-electron chi connectivity index (χ3n) is 3.74. The van der Waals surface area contributed by atoms with E-state index in [0.717, 1.165) is 30.6 Å². The number of carbonyl (C=O) groups is 1. The predicted molar refractivity (Wildman–Crippen MR) is 73.8 cm³/mol. The first-order valence-electron chi connectivity index (χ1n) is 6.64. The fourth-order valence-electron chi connectivity index (χ4n) is 2.46. The van der Waals surface area contributed by atoms with E-state index in [1.807, 2.05) is 24.4 Å². The molecule has 2 N–H and O–H groups in total. The molecule has 3 nitrogen and oxygen atoms in total. The van der Waals surface area contributed by atoms with Crippen molar-refractivity contribution in [2.45, 2.75) is 50.5 Å². The Labute approximate surface area is 112 Å². The molecular formula is C14H21NO2S. The summed E-state index contributed by atoms with van der Waals surface area (Å²) in [5.74, 6) is -0.117. The predicted octanol–water partition coefficient (Wildman–Crippen LogP) is 2.66. The van der Waals surface area contributed by atoms with Crippen LogP contribution in [0.2, 0.25) is 0 Å². The van der Waals surface area contributed by atoms with Crippen molar-refractivity contribution in [2.24, 2.45) is 0 Å². The van der Waals surface area contributed by atoms with Gasteiger partial charge in [0, 0.05) is 11.4 Å². The second kappa shape index (κ2) is 5.85. The standard InChI is InChI=1S/C14H21NO2S/c1-11(12-6-5-9-18-12)13(16)15-10-14(17)7-3-2-4-8-14/h5-6,9,11,17H,2-4,7-8,10H2,1H3,(H,15,16)/t11-/m1/s1. The van der Waals surface area contributed by atoms with Gasteiger partial charge in [-0.15, -0.1) is 11.3 Å². The minimum atomic E-state index is -0.678. The van der Waals surface area contributed by atoms with Crippen molar-refractivity contribution in [3.05, 3.63) is 22.4 Å². The summed E-state index contributed by atoms with van der Waals surface area (Å²) in [5.41, 5.74) is -0.678. The minimum Gasteiger partial charge on any atom is -0.388 e. The number of nitrogens with one attached hydrogen (secondary N) is 1. The zero-order chi connectivity index (χ0) is 13.0. The van der Waals surface area contributed by atoms with E-state index in [1.165, 1.54) is 6.42 Å². The normalized spacial score (nSPS) is 20.3. The molecule has 18 heavy (non-hydrogen) atoms. The fourth-order valence-corrected chi connectivity index (χ4v) is 3.24. The molecule has 1 aliphatic carbocycles. The number of aliphatic hydroxyl groups is 1. The van der Waals surface area contributed by atoms with Gasteiger partial charge in [-0.05, 0) is 31.2 Å². The minimum absolute atomic E-state index is 0.0106. The molecule has 2 rings (SSSR count). The van der Waals surface area contributed by atoms with E-state index in [1.54, 1.807) is 11.3 Å². The van der Waals surface area contributed by atoms with Gasteiger partial charge in [-0.3, -0.25) is 4.79 Å². The lowest BCUT2D eigenvalue weighted by Crippen LogP contribution is -2.45. The molecule has 0 unspecified atom stereocenters. The van der Waals surface area contributed by atoms with Crippen LogP contribution >= 0.6 is 11.3 Å². The number of hydrogen-bond acceptors (Lipinski definition) is 3. The fraction of sp³-hybridized carbons (Fsp3) is 0.643. The first kappa shape index (κ1) is 13.6. The molecule has 1 aliphatic rings. The Morgan fingerprint density at radius 2 is 2.22 bits per heavy atom. The van der Waals surface area contributed by atoms with Crippen molar-refractivity contribution in [2.75, 3.05) is 6.54 Å². The zero-order valence-electron chi connectivity index (χ0n) is 10.8. The van der Waals surface area contributed by atoms with Crippen LogP contribution in [0.1, 0.15) is 49.8 Å². The average molecular weight is 267 g/mol. The van der Waals surface area contributed by atoms with Gasteiger partial charge in [0.05, 0.1) is 11.5 Å². The molecule has 0 aromatic carbocycles. The van der Waals surface area contributed by atoms with Crippen LogP contribution in [0.4, 0.5) is 0 Å². The van der Waals surface area contributed by atoms with Crippen LogP contribution in [0, 0.1) is 0 Å². The number of carbonyl (C=O) groups excluding carboxylic acids is 1. The summed E-state index contributed by atoms with van der Waals surface area (Å²) in [4.78, 5) is 13.1. The third kappa shape index (κ3) is 3.33. The Morgan fingerprint density at radius 3 is 2.83 bits per heavy atom. The molecule has 100 valence electrons. The first-order valence-corrected chi connectivity index (χ1v) is 7.52. The van der Waals surface area contributed by atoms with Gasteiger partial charge in [0.1, 0.15) is 0 Å². The van der Waals surface area contributed by atoms with Crippen LogP contribution in [0.15, 0.2) is 17.5 Å². The molecule has 0 saturated heterocycles. The first-order chi connectivity index (χ1) is 8.61. The van der Waals surface area contributed by atoms with Gasteiger partial charge in [0.2, 0.25) is 5.91 Å². The second-order valence-electron chi connectivity index (χ2n) is 5.24. The maximum absolute atomic E-state index is 12.0. The summed E-state index contributed by atoms with van der Waals surface area (Å²) < 4.78 is 0. The van der Waals surface area contributed by atoms with Crippen LogP contribution in [-0.2, 0) is 4.79 Å². The lowest BCUT2D eigenvalue weighted by molar-refractivity contribution is -0.123. The Bertz CT molecular complexity index is 383. The van der Waals surface area contributed by atoms with Crippen molar-refractivity contribution < 1.29 is 9.90 Å². The van der Waals surface area contributed by atoms with Crippen molar-refractivity contribution in [3.8, 4) is 0 Å². The molecule has 1 heterocycles. The van der Waals surface area contributed by atoms with Crippen molar-refractivity contribution >= 4 is 17.2 Å². The van der Waals surface area contributed by atoms with Crippen LogP contribution in [-0.4, -0.2) is 23.2 Å². The third-order valence-corrected chi connectivity index (χ3v) is 4.79. The smallest absolute Gasteiger partial charge is 0.228 e. The highest BCUT2D eigenvalue weighted by molar-refractivity contribution is 7.10. The summed E-state index contributed by atoms with van der Waals surface area (Å²) in [6, 6.07) is 3.93. The lowest BCUT2D eigenvalue weighted by Gasteiger charge is -2.32. The van der Waals surface area contributed by atoms with E-state index in [-0.39, 0.29) is 11.8 Å². The van der Waals surface area contributed by atoms with Crippen molar-refractivity contribution in [1.82, 2.24) is 5.32 Å². The Balaban J connectivity index is 1.84. The van der Waals surface area contributed by atoms with Crippen molar-refractivity contribution in [3.63, 3.8) is 0 Å². The highest BCUT2D eigenvalue weighted by atomic mass is 32.1. The maximum atomic E-state index is 12.0. The number of thiophene rings is 1. The summed E-state index contributed by atoms with van der Waals surface area (Å²) in [6.07, 6.45) is 4.93. The Hall–Kier alpha value is -0.870. The molecule has 4 heteroatoms. The molecule has 0 spiro atoms. The van der Waals surface area contributed by atoms with Gasteiger partial charge in [-0.1, -0.05) is 25.3 Å². The summed E-state index contributed by atoms with van der Waals surface area (Å²) >= 11 is 1.60. The van der Waals surface area contributed by atoms with Crippen LogP contribution in [0.25, 0.3) is 0 Å². The Kier molecular flexibility index (Phi) is 4.40. The number of hydrogen-bond donors (Lipinski definition) is 2. The highest BCUT2D eigenvalue weighted by Gasteiger charge is 2.30. The van der Waals surface area contributed by atoms with E-state index in [4.69, 9.17) is 0 Å². The molecule has 1 aromatic rings. The number of rotatable bonds is 4. The second-order valence-corrected chi connectivity index (χ2v) is 6.22. The Morgan fingerprint density at radius 1 is 1.50 bits per heavy atom. The van der Waals surface area contributed by atoms with E-state index in [9.17, 15) is 9.90 Å². The monoisotopic (exact) mass is 267 g/mol. The van der Waals surface area contributed by atoms with Gasteiger partial charge in [0.15, 0.2) is 0 Å². The quantitative estimate of drug-likeness (QED) is 0.881. The summed E-state index contributed by atoms with van der Waals surface area (Å²) in [6.45, 7) is 2.30. The van der Waals surface area contributed by atoms with Crippen LogP contribution < -0.4 is 5.32 Å². The van der Waals surface area contributed by atoms with Gasteiger partial charge < -0.3 is 10.4 Å². The summed E-state index contributed by atoms with van der Waals surface area (Å²) in [7, 11) is 0. The van der Waals surface area contributed by atoms with Gasteiger partial charge in [-0.2, -0.15) is 0 Å². The lowest BCUT2D eigenvalue weighted by atomic mass is 9.85. The van der Waals surface area contributed by atoms with E-state index in [2.05, 4.69) is 5.32 Å². The van der Waals surface area contributed by atoms with Gasteiger partial charge in [0.25, 0.3) is 0 Å². The maximum Gasteiger partial charge on any atom is 0.228 e. The molecule has 0 radical (unpaired) electrons. The van der Waals surface area contributed by atoms with E-state index in [0.29, 0.717) is 6.54 Å². The molecule has 1 saturated carbocycles. The molecule has 1 fully saturated rings. The largest absolute Gasteiger partial charge is 0.388 e. The number of amides is 1. The summed E-state index contributed by atoms with van der Waals surface area (Å²) in [5, 5.41) is 15.2. The molecule has 1 aromatic heterocycles. The van der Waals surface area contributed by atoms with Gasteiger partial charge >= 0.3 is 0 Å². The van der Waals surface area contributed by atoms with Crippen molar-refractivity contribution in [1.29, 1.82) is 0 Å². The highest BCUT2D eigenvalue weighted by Crippen LogP contribution is 2.27. The zero-order valence-corrected chi connectivity index (χ0v) is 11.6. The topological polar surface area (TPSA) is 49.3 Å². The molecular weight excluding hydrogens is 246 g/mol. The molecule has 0 bridgehead atoms. The van der Waals surface area contributed by atoms with E-state index < -0.39 is 5.60 Å². The molecule has 1 amide bonds. The van der Waals surface area contributed by atoms with Crippen LogP contribution in [0.5, 0.6) is 0 Å². The average Bonchev–Trinajstić information content (AvgIpc) is 2.90. The van der Waals surface area contributed by atoms with E-state index >= 15 is 0 Å².